The molecule has 0 unspecified atom stereocenters. The molecule has 5 rings (SSSR count). The second-order valence-electron chi connectivity index (χ2n) is 9.74. The van der Waals surface area contributed by atoms with Gasteiger partial charge in [-0.2, -0.15) is 0 Å². The van der Waals surface area contributed by atoms with Crippen molar-refractivity contribution in [1.82, 2.24) is 29.5 Å². The van der Waals surface area contributed by atoms with Crippen LogP contribution in [0.3, 0.4) is 0 Å². The van der Waals surface area contributed by atoms with Gasteiger partial charge in [-0.25, -0.2) is 18.1 Å². The number of furan rings is 1. The number of carbonyl (C=O) groups excluding carboxylic acids is 3. The van der Waals surface area contributed by atoms with Crippen molar-refractivity contribution in [2.24, 2.45) is 12.8 Å². The summed E-state index contributed by atoms with van der Waals surface area (Å²) in [6.07, 6.45) is 6.17. The van der Waals surface area contributed by atoms with Crippen LogP contribution >= 0.6 is 0 Å². The fourth-order valence-electron chi connectivity index (χ4n) is 4.92. The molecule has 0 spiro atoms. The van der Waals surface area contributed by atoms with Crippen LogP contribution in [0.1, 0.15) is 29.0 Å². The molecule has 14 heteroatoms. The molecular formula is C26H29N7O6S. The van der Waals surface area contributed by atoms with Crippen molar-refractivity contribution in [3.8, 4) is 0 Å². The van der Waals surface area contributed by atoms with Crippen LogP contribution in [-0.4, -0.2) is 70.2 Å². The van der Waals surface area contributed by atoms with Gasteiger partial charge in [-0.05, 0) is 36.6 Å². The molecule has 1 aliphatic rings. The standard InChI is InChI=1S/C26H29N7O6S/c1-32-14-23(29-15-32)40(37,38)31-17-8-9-33(26(36)22-7-4-10-39-22)21(12-17)25(35)30-20(24(27)34)11-16-13-28-19-6-3-2-5-18(16)19/h2-7,10,13-15,17,20-21,28,31H,8-9,11-12H2,1H3,(H2,27,34)(H,30,35)/t17-,20+,21-/m0/s1. The number of H-pyrrole nitrogens is 1. The number of fused-ring (bicyclic) bond motifs is 1. The molecule has 4 aromatic rings. The molecule has 3 atom stereocenters. The number of amides is 3. The largest absolute Gasteiger partial charge is 0.459 e. The highest BCUT2D eigenvalue weighted by molar-refractivity contribution is 7.89. The number of nitrogens with zero attached hydrogens (tertiary/aromatic N) is 3. The molecular weight excluding hydrogens is 538 g/mol. The first-order valence-corrected chi connectivity index (χ1v) is 14.1. The number of benzene rings is 1. The summed E-state index contributed by atoms with van der Waals surface area (Å²) in [5, 5.41) is 3.43. The zero-order valence-corrected chi connectivity index (χ0v) is 22.4. The molecule has 3 amide bonds. The number of aryl methyl sites for hydroxylation is 1. The van der Waals surface area contributed by atoms with E-state index < -0.39 is 45.9 Å². The molecule has 5 N–H and O–H groups in total. The maximum Gasteiger partial charge on any atom is 0.290 e. The summed E-state index contributed by atoms with van der Waals surface area (Å²) in [4.78, 5) is 47.6. The number of likely N-dealkylation sites (tertiary alicyclic amines) is 1. The summed E-state index contributed by atoms with van der Waals surface area (Å²) >= 11 is 0. The fraction of sp³-hybridized carbons (Fsp3) is 0.308. The van der Waals surface area contributed by atoms with Gasteiger partial charge in [-0.1, -0.05) is 18.2 Å². The van der Waals surface area contributed by atoms with E-state index in [2.05, 4.69) is 20.0 Å². The number of piperidine rings is 1. The van der Waals surface area contributed by atoms with Crippen molar-refractivity contribution in [1.29, 1.82) is 0 Å². The Morgan fingerprint density at radius 3 is 2.73 bits per heavy atom. The number of para-hydroxylation sites is 1. The lowest BCUT2D eigenvalue weighted by Crippen LogP contribution is -2.59. The van der Waals surface area contributed by atoms with E-state index in [1.165, 1.54) is 34.3 Å². The van der Waals surface area contributed by atoms with E-state index in [9.17, 15) is 22.8 Å². The van der Waals surface area contributed by atoms with Crippen LogP contribution in [-0.2, 0) is 33.1 Å². The summed E-state index contributed by atoms with van der Waals surface area (Å²) in [5.41, 5.74) is 7.32. The van der Waals surface area contributed by atoms with Crippen molar-refractivity contribution in [3.63, 3.8) is 0 Å². The zero-order chi connectivity index (χ0) is 28.4. The Kier molecular flexibility index (Phi) is 7.45. The average molecular weight is 568 g/mol. The molecule has 1 saturated heterocycles. The van der Waals surface area contributed by atoms with Gasteiger partial charge in [-0.15, -0.1) is 0 Å². The van der Waals surface area contributed by atoms with Gasteiger partial charge in [0.2, 0.25) is 11.8 Å². The Morgan fingerprint density at radius 2 is 2.02 bits per heavy atom. The van der Waals surface area contributed by atoms with Gasteiger partial charge in [-0.3, -0.25) is 14.4 Å². The molecule has 0 radical (unpaired) electrons. The summed E-state index contributed by atoms with van der Waals surface area (Å²) in [6.45, 7) is 0.0662. The topological polar surface area (TPSA) is 185 Å². The average Bonchev–Trinajstić information content (AvgIpc) is 3.69. The third-order valence-corrected chi connectivity index (χ3v) is 8.34. The Bertz CT molecular complexity index is 1640. The predicted molar refractivity (Wildman–Crippen MR) is 143 cm³/mol. The number of nitrogens with one attached hydrogen (secondary N) is 3. The molecule has 40 heavy (non-hydrogen) atoms. The van der Waals surface area contributed by atoms with Gasteiger partial charge >= 0.3 is 0 Å². The monoisotopic (exact) mass is 567 g/mol. The molecule has 0 saturated carbocycles. The van der Waals surface area contributed by atoms with E-state index in [1.54, 1.807) is 19.3 Å². The van der Waals surface area contributed by atoms with Gasteiger partial charge in [0.05, 0.1) is 12.6 Å². The quantitative estimate of drug-likeness (QED) is 0.229. The Morgan fingerprint density at radius 1 is 1.23 bits per heavy atom. The molecule has 210 valence electrons. The van der Waals surface area contributed by atoms with Crippen molar-refractivity contribution >= 4 is 38.6 Å². The fourth-order valence-corrected chi connectivity index (χ4v) is 6.19. The van der Waals surface area contributed by atoms with E-state index in [1.807, 2.05) is 24.3 Å². The highest BCUT2D eigenvalue weighted by atomic mass is 32.2. The number of hydrogen-bond acceptors (Lipinski definition) is 7. The van der Waals surface area contributed by atoms with Gasteiger partial charge in [0.1, 0.15) is 12.1 Å². The van der Waals surface area contributed by atoms with Gasteiger partial charge in [0, 0.05) is 49.4 Å². The molecule has 4 heterocycles. The maximum atomic E-state index is 13.6. The maximum absolute atomic E-state index is 13.6. The number of rotatable bonds is 9. The van der Waals surface area contributed by atoms with Crippen molar-refractivity contribution in [2.75, 3.05) is 6.54 Å². The van der Waals surface area contributed by atoms with Crippen LogP contribution < -0.4 is 15.8 Å². The van der Waals surface area contributed by atoms with Crippen molar-refractivity contribution < 1.29 is 27.2 Å². The Hall–Kier alpha value is -4.43. The Balaban J connectivity index is 1.37. The van der Waals surface area contributed by atoms with Crippen LogP contribution in [0.2, 0.25) is 0 Å². The van der Waals surface area contributed by atoms with Crippen LogP contribution in [0.25, 0.3) is 10.9 Å². The van der Waals surface area contributed by atoms with E-state index in [0.717, 1.165) is 16.5 Å². The predicted octanol–water partition coefficient (Wildman–Crippen LogP) is 0.659. The first-order valence-electron chi connectivity index (χ1n) is 12.6. The van der Waals surface area contributed by atoms with Crippen LogP contribution in [0.15, 0.2) is 70.8 Å². The van der Waals surface area contributed by atoms with E-state index in [-0.39, 0.29) is 36.6 Å². The minimum absolute atomic E-state index is 0.0376. The number of carbonyl (C=O) groups is 3. The molecule has 1 aliphatic heterocycles. The van der Waals surface area contributed by atoms with Crippen LogP contribution in [0.4, 0.5) is 0 Å². The van der Waals surface area contributed by atoms with Crippen LogP contribution in [0, 0.1) is 0 Å². The molecule has 0 aliphatic carbocycles. The second-order valence-corrected chi connectivity index (χ2v) is 11.4. The molecule has 1 aromatic carbocycles. The molecule has 0 bridgehead atoms. The number of imidazole rings is 1. The lowest BCUT2D eigenvalue weighted by Gasteiger charge is -2.38. The van der Waals surface area contributed by atoms with E-state index in [4.69, 9.17) is 10.2 Å². The van der Waals surface area contributed by atoms with Gasteiger partial charge in [0.25, 0.3) is 15.9 Å². The smallest absolute Gasteiger partial charge is 0.290 e. The summed E-state index contributed by atoms with van der Waals surface area (Å²) in [5.74, 6) is -1.87. The molecule has 13 nitrogen and oxygen atoms in total. The summed E-state index contributed by atoms with van der Waals surface area (Å²) in [7, 11) is -2.32. The van der Waals surface area contributed by atoms with Gasteiger partial charge in [0.15, 0.2) is 10.8 Å². The van der Waals surface area contributed by atoms with E-state index >= 15 is 0 Å². The number of sulfonamides is 1. The lowest BCUT2D eigenvalue weighted by atomic mass is 9.96. The van der Waals surface area contributed by atoms with Crippen LogP contribution in [0.5, 0.6) is 0 Å². The minimum Gasteiger partial charge on any atom is -0.459 e. The number of nitrogens with two attached hydrogens (primary N) is 1. The molecule has 1 fully saturated rings. The zero-order valence-electron chi connectivity index (χ0n) is 21.6. The Labute approximate surface area is 229 Å². The number of aromatic amines is 1. The third kappa shape index (κ3) is 5.62. The van der Waals surface area contributed by atoms with Crippen molar-refractivity contribution in [3.05, 3.63) is 72.7 Å². The summed E-state index contributed by atoms with van der Waals surface area (Å²) in [6, 6.07) is 7.71. The summed E-state index contributed by atoms with van der Waals surface area (Å²) < 4.78 is 35.1. The van der Waals surface area contributed by atoms with Gasteiger partial charge < -0.3 is 29.9 Å². The number of hydrogen-bond donors (Lipinski definition) is 4. The first-order chi connectivity index (χ1) is 19.1. The third-order valence-electron chi connectivity index (χ3n) is 6.94. The first kappa shape index (κ1) is 27.1. The van der Waals surface area contributed by atoms with Crippen molar-refractivity contribution in [2.45, 2.75) is 42.4 Å². The number of aromatic nitrogens is 3. The minimum atomic E-state index is -3.97. The normalized spacial score (nSPS) is 18.5. The lowest BCUT2D eigenvalue weighted by molar-refractivity contribution is -0.131. The molecule has 3 aromatic heterocycles. The highest BCUT2D eigenvalue weighted by Gasteiger charge is 2.40. The van der Waals surface area contributed by atoms with E-state index in [0.29, 0.717) is 0 Å². The second kappa shape index (κ2) is 11.0. The highest BCUT2D eigenvalue weighted by Crippen LogP contribution is 2.24. The SMILES string of the molecule is Cn1cnc(S(=O)(=O)N[C@H]2CCN(C(=O)c3ccco3)[C@H](C(=O)N[C@H](Cc3c[nH]c4ccccc34)C(N)=O)C2)c1. The number of primary amides is 1.